The molecule has 2 aliphatic rings. The summed E-state index contributed by atoms with van der Waals surface area (Å²) >= 11 is 1.94. The topological polar surface area (TPSA) is 15.3 Å². The van der Waals surface area contributed by atoms with Gasteiger partial charge in [0.1, 0.15) is 0 Å². The van der Waals surface area contributed by atoms with Crippen molar-refractivity contribution in [2.75, 3.05) is 26.2 Å². The van der Waals surface area contributed by atoms with Gasteiger partial charge in [-0.25, -0.2) is 0 Å². The van der Waals surface area contributed by atoms with Crippen molar-refractivity contribution in [2.24, 2.45) is 0 Å². The first-order valence-electron chi connectivity index (χ1n) is 6.91. The van der Waals surface area contributed by atoms with Crippen LogP contribution in [0, 0.1) is 0 Å². The summed E-state index contributed by atoms with van der Waals surface area (Å²) in [6.07, 6.45) is 5.47. The van der Waals surface area contributed by atoms with Gasteiger partial charge < -0.3 is 5.32 Å². The van der Waals surface area contributed by atoms with Gasteiger partial charge in [0.15, 0.2) is 0 Å². The van der Waals surface area contributed by atoms with Gasteiger partial charge in [-0.2, -0.15) is 0 Å². The van der Waals surface area contributed by atoms with Crippen molar-refractivity contribution in [3.05, 3.63) is 22.4 Å². The van der Waals surface area contributed by atoms with Crippen molar-refractivity contribution in [2.45, 2.75) is 37.6 Å². The molecule has 2 fully saturated rings. The maximum Gasteiger partial charge on any atom is 0.0221 e. The molecule has 1 aromatic heterocycles. The molecule has 1 unspecified atom stereocenters. The number of rotatable bonds is 2. The SMILES string of the molecule is c1csc(C2CCN(C3CCCNC3)CC2)c1. The number of hydrogen-bond acceptors (Lipinski definition) is 3. The summed E-state index contributed by atoms with van der Waals surface area (Å²) in [6.45, 7) is 5.04. The summed E-state index contributed by atoms with van der Waals surface area (Å²) < 4.78 is 0. The largest absolute Gasteiger partial charge is 0.315 e. The van der Waals surface area contributed by atoms with E-state index in [-0.39, 0.29) is 0 Å². The van der Waals surface area contributed by atoms with Gasteiger partial charge in [0.25, 0.3) is 0 Å². The molecule has 1 N–H and O–H groups in total. The average molecular weight is 250 g/mol. The van der Waals surface area contributed by atoms with Crippen LogP contribution in [0.5, 0.6) is 0 Å². The molecule has 2 nitrogen and oxygen atoms in total. The molecule has 0 radical (unpaired) electrons. The normalized spacial score (nSPS) is 28.4. The molecule has 3 heteroatoms. The Labute approximate surface area is 108 Å². The van der Waals surface area contributed by atoms with Crippen molar-refractivity contribution in [1.29, 1.82) is 0 Å². The fourth-order valence-electron chi connectivity index (χ4n) is 3.22. The number of piperidine rings is 2. The molecule has 94 valence electrons. The molecule has 0 saturated carbocycles. The second kappa shape index (κ2) is 5.51. The van der Waals surface area contributed by atoms with Crippen molar-refractivity contribution >= 4 is 11.3 Å². The number of thiophene rings is 1. The van der Waals surface area contributed by atoms with Crippen LogP contribution in [0.1, 0.15) is 36.5 Å². The Kier molecular flexibility index (Phi) is 3.79. The summed E-state index contributed by atoms with van der Waals surface area (Å²) in [7, 11) is 0. The average Bonchev–Trinajstić information content (AvgIpc) is 2.94. The molecule has 0 aliphatic carbocycles. The maximum atomic E-state index is 3.53. The van der Waals surface area contributed by atoms with Crippen LogP contribution in [-0.2, 0) is 0 Å². The third-order valence-electron chi connectivity index (χ3n) is 4.26. The zero-order valence-corrected chi connectivity index (χ0v) is 11.2. The Hall–Kier alpha value is -0.380. The van der Waals surface area contributed by atoms with E-state index < -0.39 is 0 Å². The molecule has 1 aromatic rings. The molecule has 1 atom stereocenters. The molecule has 0 amide bonds. The van der Waals surface area contributed by atoms with Gasteiger partial charge in [-0.15, -0.1) is 11.3 Å². The van der Waals surface area contributed by atoms with E-state index in [1.54, 1.807) is 4.88 Å². The third kappa shape index (κ3) is 2.72. The molecule has 3 rings (SSSR count). The zero-order valence-electron chi connectivity index (χ0n) is 10.4. The van der Waals surface area contributed by atoms with E-state index in [1.807, 2.05) is 11.3 Å². The van der Waals surface area contributed by atoms with Crippen molar-refractivity contribution < 1.29 is 0 Å². The molecular formula is C14H22N2S. The molecular weight excluding hydrogens is 228 g/mol. The number of nitrogens with one attached hydrogen (secondary N) is 1. The van der Waals surface area contributed by atoms with Gasteiger partial charge in [-0.1, -0.05) is 6.07 Å². The lowest BCUT2D eigenvalue weighted by atomic mass is 9.93. The third-order valence-corrected chi connectivity index (χ3v) is 5.30. The van der Waals surface area contributed by atoms with Crippen LogP contribution in [0.3, 0.4) is 0 Å². The predicted molar refractivity (Wildman–Crippen MR) is 73.8 cm³/mol. The summed E-state index contributed by atoms with van der Waals surface area (Å²) in [5, 5.41) is 5.75. The Bertz CT molecular complexity index is 322. The highest BCUT2D eigenvalue weighted by Crippen LogP contribution is 2.32. The van der Waals surface area contributed by atoms with Gasteiger partial charge >= 0.3 is 0 Å². The van der Waals surface area contributed by atoms with E-state index in [0.717, 1.165) is 12.0 Å². The first-order valence-corrected chi connectivity index (χ1v) is 7.79. The predicted octanol–water partition coefficient (Wildman–Crippen LogP) is 2.68. The second-order valence-corrected chi connectivity index (χ2v) is 6.31. The van der Waals surface area contributed by atoms with E-state index in [1.165, 1.54) is 51.9 Å². The Morgan fingerprint density at radius 2 is 2.12 bits per heavy atom. The van der Waals surface area contributed by atoms with Crippen LogP contribution in [0.4, 0.5) is 0 Å². The Morgan fingerprint density at radius 1 is 1.24 bits per heavy atom. The molecule has 0 spiro atoms. The van der Waals surface area contributed by atoms with Crippen LogP contribution in [-0.4, -0.2) is 37.1 Å². The fraction of sp³-hybridized carbons (Fsp3) is 0.714. The van der Waals surface area contributed by atoms with Crippen LogP contribution in [0.2, 0.25) is 0 Å². The van der Waals surface area contributed by atoms with Crippen molar-refractivity contribution in [3.63, 3.8) is 0 Å². The van der Waals surface area contributed by atoms with E-state index in [9.17, 15) is 0 Å². The van der Waals surface area contributed by atoms with Crippen LogP contribution < -0.4 is 5.32 Å². The summed E-state index contributed by atoms with van der Waals surface area (Å²) in [4.78, 5) is 4.32. The number of likely N-dealkylation sites (tertiary alicyclic amines) is 1. The van der Waals surface area contributed by atoms with E-state index in [2.05, 4.69) is 27.7 Å². The minimum atomic E-state index is 0.813. The lowest BCUT2D eigenvalue weighted by Crippen LogP contribution is -2.48. The van der Waals surface area contributed by atoms with Gasteiger partial charge in [-0.05, 0) is 62.7 Å². The quantitative estimate of drug-likeness (QED) is 0.868. The molecule has 0 aromatic carbocycles. The summed E-state index contributed by atoms with van der Waals surface area (Å²) in [5.41, 5.74) is 0. The second-order valence-electron chi connectivity index (χ2n) is 5.33. The lowest BCUT2D eigenvalue weighted by molar-refractivity contribution is 0.131. The van der Waals surface area contributed by atoms with Crippen molar-refractivity contribution in [1.82, 2.24) is 10.2 Å². The molecule has 17 heavy (non-hydrogen) atoms. The lowest BCUT2D eigenvalue weighted by Gasteiger charge is -2.39. The Morgan fingerprint density at radius 3 is 2.76 bits per heavy atom. The monoisotopic (exact) mass is 250 g/mol. The van der Waals surface area contributed by atoms with E-state index in [4.69, 9.17) is 0 Å². The minimum Gasteiger partial charge on any atom is -0.315 e. The highest BCUT2D eigenvalue weighted by molar-refractivity contribution is 7.10. The smallest absolute Gasteiger partial charge is 0.0221 e. The highest BCUT2D eigenvalue weighted by Gasteiger charge is 2.26. The standard InChI is InChI=1S/C14H22N2S/c1-3-13(11-15-7-1)16-8-5-12(6-9-16)14-4-2-10-17-14/h2,4,10,12-13,15H,1,3,5-9,11H2. The number of nitrogens with zero attached hydrogens (tertiary/aromatic N) is 1. The highest BCUT2D eigenvalue weighted by atomic mass is 32.1. The van der Waals surface area contributed by atoms with Crippen molar-refractivity contribution in [3.8, 4) is 0 Å². The van der Waals surface area contributed by atoms with Gasteiger partial charge in [0, 0.05) is 17.5 Å². The van der Waals surface area contributed by atoms with E-state index in [0.29, 0.717) is 0 Å². The first-order chi connectivity index (χ1) is 8.43. The van der Waals surface area contributed by atoms with Crippen LogP contribution >= 0.6 is 11.3 Å². The van der Waals surface area contributed by atoms with Crippen LogP contribution in [0.15, 0.2) is 17.5 Å². The molecule has 2 aliphatic heterocycles. The van der Waals surface area contributed by atoms with Gasteiger partial charge in [0.2, 0.25) is 0 Å². The summed E-state index contributed by atoms with van der Waals surface area (Å²) in [6, 6.07) is 5.32. The van der Waals surface area contributed by atoms with E-state index >= 15 is 0 Å². The first kappa shape index (κ1) is 11.7. The molecule has 0 bridgehead atoms. The van der Waals surface area contributed by atoms with Gasteiger partial charge in [0.05, 0.1) is 0 Å². The Balaban J connectivity index is 1.53. The molecule has 2 saturated heterocycles. The number of hydrogen-bond donors (Lipinski definition) is 1. The molecule has 3 heterocycles. The summed E-state index contributed by atoms with van der Waals surface area (Å²) in [5.74, 6) is 0.836. The fourth-order valence-corrected chi connectivity index (χ4v) is 4.12. The maximum absolute atomic E-state index is 3.53. The van der Waals surface area contributed by atoms with Crippen LogP contribution in [0.25, 0.3) is 0 Å². The zero-order chi connectivity index (χ0) is 11.5. The van der Waals surface area contributed by atoms with Gasteiger partial charge in [-0.3, -0.25) is 4.90 Å². The minimum absolute atomic E-state index is 0.813.